The summed E-state index contributed by atoms with van der Waals surface area (Å²) in [7, 11) is 0. The number of amides is 1. The van der Waals surface area contributed by atoms with Crippen molar-refractivity contribution in [2.75, 3.05) is 5.32 Å². The summed E-state index contributed by atoms with van der Waals surface area (Å²) >= 11 is 0. The lowest BCUT2D eigenvalue weighted by Gasteiger charge is -2.16. The number of allylic oxidation sites excluding steroid dienone is 4. The Balaban J connectivity index is 2.35. The molecule has 0 unspecified atom stereocenters. The first-order valence-electron chi connectivity index (χ1n) is 11.5. The highest BCUT2D eigenvalue weighted by atomic mass is 16.1. The molecule has 0 fully saturated rings. The summed E-state index contributed by atoms with van der Waals surface area (Å²) in [6.07, 6.45) is 7.22. The van der Waals surface area contributed by atoms with Crippen LogP contribution in [0.15, 0.2) is 78.9 Å². The molecule has 1 heterocycles. The molecule has 1 N–H and O–H groups in total. The molecule has 1 amide bonds. The molecular formula is C29H34N2O. The summed E-state index contributed by atoms with van der Waals surface area (Å²) in [6.45, 7) is 11.5. The van der Waals surface area contributed by atoms with Crippen LogP contribution in [0.25, 0.3) is 16.7 Å². The Labute approximate surface area is 192 Å². The van der Waals surface area contributed by atoms with Crippen molar-refractivity contribution in [1.29, 1.82) is 0 Å². The Morgan fingerprint density at radius 1 is 1.03 bits per heavy atom. The predicted molar refractivity (Wildman–Crippen MR) is 137 cm³/mol. The molecule has 1 aromatic heterocycles. The van der Waals surface area contributed by atoms with Crippen LogP contribution in [-0.4, -0.2) is 10.5 Å². The molecule has 0 radical (unpaired) electrons. The Morgan fingerprint density at radius 3 is 2.22 bits per heavy atom. The SMILES string of the molecule is CC=CC=C(C)c1c(-c2ccccc2)c(C(=O)Nc2ccccc2)c(C(C)C)n1CCC. The normalized spacial score (nSPS) is 12.0. The van der Waals surface area contributed by atoms with Gasteiger partial charge >= 0.3 is 0 Å². The number of hydrogen-bond donors (Lipinski definition) is 1. The number of carbonyl (C=O) groups excluding carboxylic acids is 1. The lowest BCUT2D eigenvalue weighted by Crippen LogP contribution is -2.16. The van der Waals surface area contributed by atoms with Gasteiger partial charge in [-0.05, 0) is 49.5 Å². The Kier molecular flexibility index (Phi) is 7.88. The highest BCUT2D eigenvalue weighted by Crippen LogP contribution is 2.40. The first-order valence-corrected chi connectivity index (χ1v) is 11.5. The zero-order valence-corrected chi connectivity index (χ0v) is 19.9. The summed E-state index contributed by atoms with van der Waals surface area (Å²) < 4.78 is 2.36. The number of hydrogen-bond acceptors (Lipinski definition) is 1. The molecule has 3 aromatic rings. The van der Waals surface area contributed by atoms with Gasteiger partial charge in [0.05, 0.1) is 11.3 Å². The fourth-order valence-electron chi connectivity index (χ4n) is 4.25. The molecule has 32 heavy (non-hydrogen) atoms. The maximum Gasteiger partial charge on any atom is 0.258 e. The van der Waals surface area contributed by atoms with E-state index in [1.54, 1.807) is 0 Å². The van der Waals surface area contributed by atoms with Gasteiger partial charge in [-0.1, -0.05) is 87.5 Å². The smallest absolute Gasteiger partial charge is 0.258 e. The minimum Gasteiger partial charge on any atom is -0.343 e. The first kappa shape index (κ1) is 23.3. The molecule has 0 bridgehead atoms. The summed E-state index contributed by atoms with van der Waals surface area (Å²) in [5.41, 5.74) is 7.00. The van der Waals surface area contributed by atoms with E-state index in [0.717, 1.165) is 52.3 Å². The van der Waals surface area contributed by atoms with Crippen LogP contribution in [-0.2, 0) is 6.54 Å². The number of nitrogens with zero attached hydrogens (tertiary/aromatic N) is 1. The van der Waals surface area contributed by atoms with Crippen molar-refractivity contribution in [3.05, 3.63) is 95.8 Å². The highest BCUT2D eigenvalue weighted by Gasteiger charge is 2.29. The Morgan fingerprint density at radius 2 is 1.66 bits per heavy atom. The predicted octanol–water partition coefficient (Wildman–Crippen LogP) is 7.92. The molecule has 0 saturated heterocycles. The van der Waals surface area contributed by atoms with Gasteiger partial charge in [0.1, 0.15) is 0 Å². The van der Waals surface area contributed by atoms with Crippen LogP contribution in [0.2, 0.25) is 0 Å². The standard InChI is InChI=1S/C29H34N2O/c1-6-8-15-22(5)28-25(23-16-11-9-12-17-23)26(27(21(3)4)31(28)20-7-2)29(32)30-24-18-13-10-14-19-24/h6,8-19,21H,7,20H2,1-5H3,(H,30,32). The van der Waals surface area contributed by atoms with E-state index in [4.69, 9.17) is 0 Å². The van der Waals surface area contributed by atoms with Crippen LogP contribution in [0.4, 0.5) is 5.69 Å². The van der Waals surface area contributed by atoms with E-state index in [1.165, 1.54) is 0 Å². The van der Waals surface area contributed by atoms with Gasteiger partial charge in [-0.15, -0.1) is 0 Å². The molecule has 0 aliphatic heterocycles. The van der Waals surface area contributed by atoms with Crippen molar-refractivity contribution < 1.29 is 4.79 Å². The zero-order chi connectivity index (χ0) is 23.1. The van der Waals surface area contributed by atoms with Crippen LogP contribution < -0.4 is 5.32 Å². The maximum absolute atomic E-state index is 13.8. The van der Waals surface area contributed by atoms with Crippen LogP contribution >= 0.6 is 0 Å². The molecule has 0 aliphatic rings. The first-order chi connectivity index (χ1) is 15.5. The molecule has 0 spiro atoms. The number of carbonyl (C=O) groups is 1. The molecule has 0 aliphatic carbocycles. The second-order valence-electron chi connectivity index (χ2n) is 8.35. The van der Waals surface area contributed by atoms with Crippen LogP contribution in [0.5, 0.6) is 0 Å². The van der Waals surface area contributed by atoms with Gasteiger partial charge < -0.3 is 9.88 Å². The molecular weight excluding hydrogens is 392 g/mol. The van der Waals surface area contributed by atoms with E-state index in [0.29, 0.717) is 0 Å². The topological polar surface area (TPSA) is 34.0 Å². The van der Waals surface area contributed by atoms with Gasteiger partial charge in [-0.3, -0.25) is 4.79 Å². The van der Waals surface area contributed by atoms with E-state index >= 15 is 0 Å². The molecule has 0 saturated carbocycles. The number of nitrogens with one attached hydrogen (secondary N) is 1. The van der Waals surface area contributed by atoms with Gasteiger partial charge in [-0.25, -0.2) is 0 Å². The average Bonchev–Trinajstić information content (AvgIpc) is 3.14. The maximum atomic E-state index is 13.8. The largest absolute Gasteiger partial charge is 0.343 e. The molecule has 3 heteroatoms. The number of anilines is 1. The van der Waals surface area contributed by atoms with Crippen LogP contribution in [0.1, 0.15) is 68.7 Å². The number of rotatable bonds is 8. The molecule has 3 rings (SSSR count). The quantitative estimate of drug-likeness (QED) is 0.365. The fourth-order valence-corrected chi connectivity index (χ4v) is 4.25. The van der Waals surface area contributed by atoms with Gasteiger partial charge in [-0.2, -0.15) is 0 Å². The van der Waals surface area contributed by atoms with E-state index in [-0.39, 0.29) is 11.8 Å². The number of benzene rings is 2. The van der Waals surface area contributed by atoms with Crippen molar-refractivity contribution in [2.45, 2.75) is 53.5 Å². The minimum atomic E-state index is -0.0614. The minimum absolute atomic E-state index is 0.0614. The second-order valence-corrected chi connectivity index (χ2v) is 8.35. The summed E-state index contributed by atoms with van der Waals surface area (Å²) in [4.78, 5) is 13.8. The van der Waals surface area contributed by atoms with Crippen molar-refractivity contribution in [3.63, 3.8) is 0 Å². The monoisotopic (exact) mass is 426 g/mol. The lowest BCUT2D eigenvalue weighted by molar-refractivity contribution is 0.102. The summed E-state index contributed by atoms with van der Waals surface area (Å²) in [5.74, 6) is 0.137. The third kappa shape index (κ3) is 4.94. The molecule has 3 nitrogen and oxygen atoms in total. The van der Waals surface area contributed by atoms with Crippen molar-refractivity contribution in [3.8, 4) is 11.1 Å². The van der Waals surface area contributed by atoms with Crippen LogP contribution in [0.3, 0.4) is 0 Å². The fraction of sp³-hybridized carbons (Fsp3) is 0.276. The van der Waals surface area contributed by atoms with Gasteiger partial charge in [0.15, 0.2) is 0 Å². The third-order valence-corrected chi connectivity index (χ3v) is 5.53. The molecule has 166 valence electrons. The number of aromatic nitrogens is 1. The lowest BCUT2D eigenvalue weighted by atomic mass is 9.94. The number of para-hydroxylation sites is 1. The van der Waals surface area contributed by atoms with E-state index in [2.05, 4.69) is 61.9 Å². The summed E-state index contributed by atoms with van der Waals surface area (Å²) in [6, 6.07) is 20.0. The third-order valence-electron chi connectivity index (χ3n) is 5.53. The Hall–Kier alpha value is -3.33. The van der Waals surface area contributed by atoms with Crippen molar-refractivity contribution in [1.82, 2.24) is 4.57 Å². The average molecular weight is 427 g/mol. The van der Waals surface area contributed by atoms with Crippen LogP contribution in [0, 0.1) is 0 Å². The highest BCUT2D eigenvalue weighted by molar-refractivity contribution is 6.11. The summed E-state index contributed by atoms with van der Waals surface area (Å²) in [5, 5.41) is 3.14. The second kappa shape index (κ2) is 10.8. The Bertz CT molecular complexity index is 1100. The molecule has 2 aromatic carbocycles. The van der Waals surface area contributed by atoms with E-state index < -0.39 is 0 Å². The van der Waals surface area contributed by atoms with Gasteiger partial charge in [0, 0.05) is 23.5 Å². The van der Waals surface area contributed by atoms with Gasteiger partial charge in [0.2, 0.25) is 0 Å². The zero-order valence-electron chi connectivity index (χ0n) is 19.9. The van der Waals surface area contributed by atoms with Crippen molar-refractivity contribution >= 4 is 17.2 Å². The van der Waals surface area contributed by atoms with Crippen molar-refractivity contribution in [2.24, 2.45) is 0 Å². The molecule has 0 atom stereocenters. The van der Waals surface area contributed by atoms with E-state index in [1.807, 2.05) is 61.5 Å². The van der Waals surface area contributed by atoms with E-state index in [9.17, 15) is 4.79 Å². The van der Waals surface area contributed by atoms with Gasteiger partial charge in [0.25, 0.3) is 5.91 Å².